The van der Waals surface area contributed by atoms with Crippen molar-refractivity contribution < 1.29 is 9.59 Å². The number of hydrogen-bond donors (Lipinski definition) is 0. The number of rotatable bonds is 5. The molecule has 3 nitrogen and oxygen atoms in total. The minimum absolute atomic E-state index is 0.0323. The van der Waals surface area contributed by atoms with E-state index in [1.807, 2.05) is 30.3 Å². The van der Waals surface area contributed by atoms with E-state index in [1.165, 1.54) is 10.5 Å². The highest BCUT2D eigenvalue weighted by molar-refractivity contribution is 6.80. The van der Waals surface area contributed by atoms with Crippen molar-refractivity contribution in [3.05, 3.63) is 71.3 Å². The molecule has 1 heterocycles. The molecule has 2 aromatic carbocycles. The van der Waals surface area contributed by atoms with Crippen LogP contribution in [-0.4, -0.2) is 30.5 Å². The number of hydrogen-bond acceptors (Lipinski definition) is 2. The molecule has 0 radical (unpaired) electrons. The van der Waals surface area contributed by atoms with Gasteiger partial charge in [0.25, 0.3) is 11.8 Å². The number of amides is 2. The molecule has 4 heteroatoms. The van der Waals surface area contributed by atoms with Crippen molar-refractivity contribution in [2.24, 2.45) is 0 Å². The van der Waals surface area contributed by atoms with Gasteiger partial charge in [-0.1, -0.05) is 67.5 Å². The van der Waals surface area contributed by atoms with E-state index >= 15 is 0 Å². The van der Waals surface area contributed by atoms with Gasteiger partial charge in [-0.05, 0) is 25.1 Å². The second-order valence-electron chi connectivity index (χ2n) is 6.87. The highest BCUT2D eigenvalue weighted by Crippen LogP contribution is 2.31. The molecule has 2 amide bonds. The van der Waals surface area contributed by atoms with Crippen LogP contribution in [-0.2, 0) is 6.04 Å². The SMILES string of the molecule is CC[Si](C)(Cc1ccccc1)C(C)N1C(=O)c2ccccc2C1=O. The molecular weight excluding hydrogens is 314 g/mol. The van der Waals surface area contributed by atoms with Crippen LogP contribution in [0, 0.1) is 0 Å². The van der Waals surface area contributed by atoms with E-state index in [0.29, 0.717) is 11.1 Å². The summed E-state index contributed by atoms with van der Waals surface area (Å²) in [6, 6.07) is 19.5. The molecule has 1 aliphatic rings. The maximum atomic E-state index is 12.8. The molecule has 0 bridgehead atoms. The summed E-state index contributed by atoms with van der Waals surface area (Å²) in [6.07, 6.45) is 0. The van der Waals surface area contributed by atoms with Gasteiger partial charge in [0.05, 0.1) is 19.2 Å². The van der Waals surface area contributed by atoms with Crippen LogP contribution in [0.3, 0.4) is 0 Å². The Morgan fingerprint density at radius 3 is 1.92 bits per heavy atom. The molecule has 0 saturated carbocycles. The number of imide groups is 1. The van der Waals surface area contributed by atoms with Crippen molar-refractivity contribution in [3.8, 4) is 0 Å². The summed E-state index contributed by atoms with van der Waals surface area (Å²) >= 11 is 0. The van der Waals surface area contributed by atoms with E-state index in [1.54, 1.807) is 12.1 Å². The third kappa shape index (κ3) is 2.71. The standard InChI is InChI=1S/C20H23NO2Si/c1-4-24(3,14-16-10-6-5-7-11-16)15(2)21-19(22)17-12-8-9-13-18(17)20(21)23/h5-13,15H,4,14H2,1-3H3. The minimum atomic E-state index is -1.87. The van der Waals surface area contributed by atoms with Gasteiger partial charge in [0.1, 0.15) is 0 Å². The lowest BCUT2D eigenvalue weighted by atomic mass is 10.1. The van der Waals surface area contributed by atoms with Crippen LogP contribution in [0.1, 0.15) is 40.1 Å². The van der Waals surface area contributed by atoms with Crippen molar-refractivity contribution in [2.45, 2.75) is 38.1 Å². The van der Waals surface area contributed by atoms with Crippen LogP contribution in [0.2, 0.25) is 12.6 Å². The summed E-state index contributed by atoms with van der Waals surface area (Å²) in [6.45, 7) is 6.54. The van der Waals surface area contributed by atoms with Gasteiger partial charge in [-0.3, -0.25) is 14.5 Å². The first kappa shape index (κ1) is 16.6. The molecular formula is C20H23NO2Si. The Bertz CT molecular complexity index is 739. The fraction of sp³-hybridized carbons (Fsp3) is 0.300. The normalized spacial score (nSPS) is 17.5. The molecule has 0 fully saturated rings. The topological polar surface area (TPSA) is 37.4 Å². The number of benzene rings is 2. The highest BCUT2D eigenvalue weighted by atomic mass is 28.3. The van der Waals surface area contributed by atoms with E-state index in [9.17, 15) is 9.59 Å². The Balaban J connectivity index is 1.91. The summed E-state index contributed by atoms with van der Waals surface area (Å²) in [7, 11) is -1.87. The predicted octanol–water partition coefficient (Wildman–Crippen LogP) is 4.09. The molecule has 124 valence electrons. The van der Waals surface area contributed by atoms with Gasteiger partial charge >= 0.3 is 0 Å². The zero-order valence-corrected chi connectivity index (χ0v) is 15.5. The lowest BCUT2D eigenvalue weighted by molar-refractivity contribution is 0.0635. The lowest BCUT2D eigenvalue weighted by Gasteiger charge is -2.37. The molecule has 0 N–H and O–H groups in total. The number of carbonyl (C=O) groups excluding carboxylic acids is 2. The number of nitrogens with zero attached hydrogens (tertiary/aromatic N) is 1. The van der Waals surface area contributed by atoms with Crippen molar-refractivity contribution in [1.82, 2.24) is 4.90 Å². The largest absolute Gasteiger partial charge is 0.275 e. The summed E-state index contributed by atoms with van der Waals surface area (Å²) in [5.74, 6) is -0.272. The molecule has 24 heavy (non-hydrogen) atoms. The highest BCUT2D eigenvalue weighted by Gasteiger charge is 2.45. The molecule has 2 atom stereocenters. The summed E-state index contributed by atoms with van der Waals surface area (Å²) < 4.78 is 0. The summed E-state index contributed by atoms with van der Waals surface area (Å²) in [4.78, 5) is 27.1. The molecule has 2 unspecified atom stereocenters. The molecule has 1 aliphatic heterocycles. The van der Waals surface area contributed by atoms with Crippen LogP contribution < -0.4 is 0 Å². The second-order valence-corrected chi connectivity index (χ2v) is 12.1. The second kappa shape index (κ2) is 6.36. The fourth-order valence-corrected chi connectivity index (χ4v) is 6.66. The van der Waals surface area contributed by atoms with E-state index in [2.05, 4.69) is 32.5 Å². The first-order valence-corrected chi connectivity index (χ1v) is 11.5. The van der Waals surface area contributed by atoms with Crippen LogP contribution in [0.5, 0.6) is 0 Å². The van der Waals surface area contributed by atoms with Crippen LogP contribution in [0.4, 0.5) is 0 Å². The Hall–Kier alpha value is -2.20. The first-order valence-electron chi connectivity index (χ1n) is 8.49. The Morgan fingerprint density at radius 2 is 1.42 bits per heavy atom. The minimum Gasteiger partial charge on any atom is -0.275 e. The van der Waals surface area contributed by atoms with Gasteiger partial charge in [0, 0.05) is 5.67 Å². The van der Waals surface area contributed by atoms with Gasteiger partial charge in [-0.25, -0.2) is 0 Å². The molecule has 0 aromatic heterocycles. The summed E-state index contributed by atoms with van der Waals surface area (Å²) in [5.41, 5.74) is 2.34. The van der Waals surface area contributed by atoms with E-state index in [0.717, 1.165) is 12.1 Å². The van der Waals surface area contributed by atoms with E-state index < -0.39 is 8.07 Å². The van der Waals surface area contributed by atoms with Crippen molar-refractivity contribution >= 4 is 19.9 Å². The third-order valence-corrected chi connectivity index (χ3v) is 10.6. The monoisotopic (exact) mass is 337 g/mol. The van der Waals surface area contributed by atoms with Crippen molar-refractivity contribution in [3.63, 3.8) is 0 Å². The zero-order chi connectivity index (χ0) is 17.3. The number of carbonyl (C=O) groups is 2. The lowest BCUT2D eigenvalue weighted by Crippen LogP contribution is -2.56. The summed E-state index contributed by atoms with van der Waals surface area (Å²) in [5, 5.41) is 0. The van der Waals surface area contributed by atoms with Crippen LogP contribution in [0.15, 0.2) is 54.6 Å². The average molecular weight is 337 g/mol. The average Bonchev–Trinajstić information content (AvgIpc) is 2.86. The molecule has 0 saturated heterocycles. The Labute approximate surface area is 144 Å². The molecule has 0 aliphatic carbocycles. The quantitative estimate of drug-likeness (QED) is 0.609. The predicted molar refractivity (Wildman–Crippen MR) is 98.6 cm³/mol. The smallest absolute Gasteiger partial charge is 0.261 e. The van der Waals surface area contributed by atoms with Gasteiger partial charge in [-0.15, -0.1) is 0 Å². The van der Waals surface area contributed by atoms with Crippen molar-refractivity contribution in [1.29, 1.82) is 0 Å². The maximum absolute atomic E-state index is 12.8. The van der Waals surface area contributed by atoms with Crippen LogP contribution >= 0.6 is 0 Å². The van der Waals surface area contributed by atoms with Crippen molar-refractivity contribution in [2.75, 3.05) is 0 Å². The van der Waals surface area contributed by atoms with Gasteiger partial charge in [0.15, 0.2) is 0 Å². The Kier molecular flexibility index (Phi) is 4.41. The maximum Gasteiger partial charge on any atom is 0.261 e. The van der Waals surface area contributed by atoms with Crippen LogP contribution in [0.25, 0.3) is 0 Å². The van der Waals surface area contributed by atoms with Gasteiger partial charge < -0.3 is 0 Å². The fourth-order valence-electron chi connectivity index (χ4n) is 3.50. The van der Waals surface area contributed by atoms with E-state index in [-0.39, 0.29) is 17.5 Å². The van der Waals surface area contributed by atoms with E-state index in [4.69, 9.17) is 0 Å². The molecule has 3 rings (SSSR count). The Morgan fingerprint density at radius 1 is 0.917 bits per heavy atom. The zero-order valence-electron chi connectivity index (χ0n) is 14.5. The molecule has 0 spiro atoms. The number of fused-ring (bicyclic) bond motifs is 1. The first-order chi connectivity index (χ1) is 11.5. The molecule has 2 aromatic rings. The van der Waals surface area contributed by atoms with Gasteiger partial charge in [-0.2, -0.15) is 0 Å². The third-order valence-electron chi connectivity index (χ3n) is 5.48. The van der Waals surface area contributed by atoms with Gasteiger partial charge in [0.2, 0.25) is 0 Å².